The lowest BCUT2D eigenvalue weighted by Gasteiger charge is -2.07. The summed E-state index contributed by atoms with van der Waals surface area (Å²) in [7, 11) is 0. The fourth-order valence-electron chi connectivity index (χ4n) is 1.82. The van der Waals surface area contributed by atoms with Crippen molar-refractivity contribution in [1.82, 2.24) is 15.3 Å². The number of nitrogens with one attached hydrogen (secondary N) is 2. The van der Waals surface area contributed by atoms with Gasteiger partial charge in [0, 0.05) is 31.4 Å². The van der Waals surface area contributed by atoms with Gasteiger partial charge in [0.1, 0.15) is 17.5 Å². The third-order valence-electron chi connectivity index (χ3n) is 2.92. The molecule has 0 bridgehead atoms. The molecule has 6 heteroatoms. The number of H-pyrrole nitrogens is 1. The Morgan fingerprint density at radius 3 is 2.85 bits per heavy atom. The summed E-state index contributed by atoms with van der Waals surface area (Å²) in [4.78, 5) is 18.8. The van der Waals surface area contributed by atoms with E-state index in [9.17, 15) is 13.6 Å². The van der Waals surface area contributed by atoms with E-state index >= 15 is 0 Å². The van der Waals surface area contributed by atoms with Gasteiger partial charge in [0.05, 0.1) is 5.56 Å². The van der Waals surface area contributed by atoms with Crippen molar-refractivity contribution >= 4 is 5.91 Å². The van der Waals surface area contributed by atoms with Crippen LogP contribution in [-0.2, 0) is 6.42 Å². The zero-order chi connectivity index (χ0) is 14.5. The van der Waals surface area contributed by atoms with Crippen LogP contribution >= 0.6 is 0 Å². The molecular weight excluding hydrogens is 264 g/mol. The molecule has 1 aromatic carbocycles. The van der Waals surface area contributed by atoms with E-state index in [1.807, 2.05) is 0 Å². The highest BCUT2D eigenvalue weighted by Crippen LogP contribution is 2.14. The highest BCUT2D eigenvalue weighted by Gasteiger charge is 2.14. The molecule has 1 aromatic heterocycles. The number of carbonyl (C=O) groups excluding carboxylic acids is 1. The lowest BCUT2D eigenvalue weighted by Crippen LogP contribution is -2.26. The summed E-state index contributed by atoms with van der Waals surface area (Å²) in [6.45, 7) is 1.89. The summed E-state index contributed by atoms with van der Waals surface area (Å²) in [6.07, 6.45) is 4.76. The van der Waals surface area contributed by atoms with Gasteiger partial charge in [-0.2, -0.15) is 0 Å². The van der Waals surface area contributed by atoms with Crippen LogP contribution in [0.1, 0.15) is 28.2 Å². The van der Waals surface area contributed by atoms with E-state index in [1.165, 1.54) is 13.0 Å². The Hall–Kier alpha value is -2.24. The second kappa shape index (κ2) is 6.27. The maximum atomic E-state index is 13.5. The highest BCUT2D eigenvalue weighted by atomic mass is 19.1. The van der Waals surface area contributed by atoms with Crippen molar-refractivity contribution in [1.29, 1.82) is 0 Å². The van der Waals surface area contributed by atoms with Crippen LogP contribution in [0.15, 0.2) is 24.5 Å². The van der Waals surface area contributed by atoms with E-state index in [-0.39, 0.29) is 11.1 Å². The van der Waals surface area contributed by atoms with E-state index in [2.05, 4.69) is 15.3 Å². The fourth-order valence-corrected chi connectivity index (χ4v) is 1.82. The summed E-state index contributed by atoms with van der Waals surface area (Å²) in [5.41, 5.74) is 0.106. The second-order valence-corrected chi connectivity index (χ2v) is 4.48. The summed E-state index contributed by atoms with van der Waals surface area (Å²) < 4.78 is 26.6. The van der Waals surface area contributed by atoms with E-state index in [4.69, 9.17) is 0 Å². The first-order chi connectivity index (χ1) is 9.58. The molecule has 1 amide bonds. The van der Waals surface area contributed by atoms with Gasteiger partial charge in [-0.1, -0.05) is 0 Å². The maximum Gasteiger partial charge on any atom is 0.254 e. The number of halogens is 2. The highest BCUT2D eigenvalue weighted by molar-refractivity contribution is 5.94. The molecule has 0 atom stereocenters. The monoisotopic (exact) mass is 279 g/mol. The molecule has 2 aromatic rings. The Labute approximate surface area is 115 Å². The molecule has 2 rings (SSSR count). The summed E-state index contributed by atoms with van der Waals surface area (Å²) in [5, 5.41) is 2.61. The Bertz CT molecular complexity index is 597. The van der Waals surface area contributed by atoms with Crippen LogP contribution < -0.4 is 5.32 Å². The average molecular weight is 279 g/mol. The standard InChI is InChI=1S/C14H15F2N3O/c1-9-7-10(12(16)8-11(9)15)14(20)19-4-2-3-13-17-5-6-18-13/h5-8H,2-4H2,1H3,(H,17,18)(H,19,20). The molecule has 4 nitrogen and oxygen atoms in total. The maximum absolute atomic E-state index is 13.5. The van der Waals surface area contributed by atoms with Crippen LogP contribution in [-0.4, -0.2) is 22.4 Å². The lowest BCUT2D eigenvalue weighted by molar-refractivity contribution is 0.0949. The topological polar surface area (TPSA) is 57.8 Å². The smallest absolute Gasteiger partial charge is 0.254 e. The van der Waals surface area contributed by atoms with Gasteiger partial charge in [0.15, 0.2) is 0 Å². The number of imidazole rings is 1. The van der Waals surface area contributed by atoms with Gasteiger partial charge in [0.25, 0.3) is 5.91 Å². The van der Waals surface area contributed by atoms with Crippen LogP contribution in [0.2, 0.25) is 0 Å². The molecule has 0 spiro atoms. The van der Waals surface area contributed by atoms with Gasteiger partial charge < -0.3 is 10.3 Å². The van der Waals surface area contributed by atoms with Gasteiger partial charge in [-0.05, 0) is 25.0 Å². The molecule has 0 radical (unpaired) electrons. The van der Waals surface area contributed by atoms with Gasteiger partial charge in [0.2, 0.25) is 0 Å². The van der Waals surface area contributed by atoms with E-state index in [0.717, 1.165) is 11.9 Å². The van der Waals surface area contributed by atoms with Crippen LogP contribution in [0.3, 0.4) is 0 Å². The van der Waals surface area contributed by atoms with Gasteiger partial charge in [-0.15, -0.1) is 0 Å². The number of hydrogen-bond acceptors (Lipinski definition) is 2. The van der Waals surface area contributed by atoms with Gasteiger partial charge >= 0.3 is 0 Å². The first-order valence-electron chi connectivity index (χ1n) is 6.30. The first kappa shape index (κ1) is 14.2. The summed E-state index contributed by atoms with van der Waals surface area (Å²) >= 11 is 0. The first-order valence-corrected chi connectivity index (χ1v) is 6.30. The molecular formula is C14H15F2N3O. The van der Waals surface area contributed by atoms with E-state index in [1.54, 1.807) is 12.4 Å². The molecule has 0 saturated heterocycles. The quantitative estimate of drug-likeness (QED) is 0.825. The SMILES string of the molecule is Cc1cc(C(=O)NCCCc2ncc[nH]2)c(F)cc1F. The number of aryl methyl sites for hydroxylation is 2. The minimum absolute atomic E-state index is 0.137. The molecule has 0 fully saturated rings. The molecule has 0 aliphatic heterocycles. The largest absolute Gasteiger partial charge is 0.352 e. The molecule has 0 saturated carbocycles. The number of rotatable bonds is 5. The zero-order valence-corrected chi connectivity index (χ0v) is 11.0. The Balaban J connectivity index is 1.87. The molecule has 0 unspecified atom stereocenters. The Morgan fingerprint density at radius 1 is 1.35 bits per heavy atom. The number of benzene rings is 1. The van der Waals surface area contributed by atoms with E-state index in [0.29, 0.717) is 19.4 Å². The van der Waals surface area contributed by atoms with Crippen molar-refractivity contribution in [3.05, 3.63) is 53.1 Å². The van der Waals surface area contributed by atoms with Gasteiger partial charge in [-0.3, -0.25) is 4.79 Å². The molecule has 0 aliphatic carbocycles. The third kappa shape index (κ3) is 3.40. The molecule has 20 heavy (non-hydrogen) atoms. The van der Waals surface area contributed by atoms with Crippen molar-refractivity contribution in [2.45, 2.75) is 19.8 Å². The van der Waals surface area contributed by atoms with Crippen LogP contribution in [0.4, 0.5) is 8.78 Å². The molecule has 2 N–H and O–H groups in total. The zero-order valence-electron chi connectivity index (χ0n) is 11.0. The predicted molar refractivity (Wildman–Crippen MR) is 70.3 cm³/mol. The lowest BCUT2D eigenvalue weighted by atomic mass is 10.1. The second-order valence-electron chi connectivity index (χ2n) is 4.48. The third-order valence-corrected chi connectivity index (χ3v) is 2.92. The average Bonchev–Trinajstić information content (AvgIpc) is 2.92. The van der Waals surface area contributed by atoms with Gasteiger partial charge in [-0.25, -0.2) is 13.8 Å². The summed E-state index contributed by atoms with van der Waals surface area (Å²) in [5.74, 6) is -1.21. The minimum atomic E-state index is -0.850. The van der Waals surface area contributed by atoms with Crippen LogP contribution in [0.5, 0.6) is 0 Å². The number of aromatic nitrogens is 2. The number of nitrogens with zero attached hydrogens (tertiary/aromatic N) is 1. The minimum Gasteiger partial charge on any atom is -0.352 e. The molecule has 106 valence electrons. The van der Waals surface area contributed by atoms with Crippen molar-refractivity contribution in [2.75, 3.05) is 6.54 Å². The fraction of sp³-hybridized carbons (Fsp3) is 0.286. The van der Waals surface area contributed by atoms with Crippen molar-refractivity contribution < 1.29 is 13.6 Å². The Morgan fingerprint density at radius 2 is 2.15 bits per heavy atom. The Kier molecular flexibility index (Phi) is 4.45. The summed E-state index contributed by atoms with van der Waals surface area (Å²) in [6, 6.07) is 1.94. The van der Waals surface area contributed by atoms with E-state index < -0.39 is 17.5 Å². The number of carbonyl (C=O) groups is 1. The van der Waals surface area contributed by atoms with Crippen LogP contribution in [0, 0.1) is 18.6 Å². The number of hydrogen-bond donors (Lipinski definition) is 2. The van der Waals surface area contributed by atoms with Crippen molar-refractivity contribution in [2.24, 2.45) is 0 Å². The molecule has 0 aliphatic rings. The number of aromatic amines is 1. The predicted octanol–water partition coefficient (Wildman–Crippen LogP) is 2.36. The normalized spacial score (nSPS) is 10.6. The van der Waals surface area contributed by atoms with Crippen molar-refractivity contribution in [3.63, 3.8) is 0 Å². The number of amides is 1. The van der Waals surface area contributed by atoms with Crippen LogP contribution in [0.25, 0.3) is 0 Å². The molecule has 1 heterocycles. The van der Waals surface area contributed by atoms with Crippen molar-refractivity contribution in [3.8, 4) is 0 Å².